The van der Waals surface area contributed by atoms with Gasteiger partial charge in [-0.15, -0.1) is 5.10 Å². The number of rotatable bonds is 6. The molecule has 1 N–H and O–H groups in total. The smallest absolute Gasteiger partial charge is 0.119 e. The number of hydrogen-bond acceptors (Lipinski definition) is 4. The lowest BCUT2D eigenvalue weighted by Gasteiger charge is -2.07. The van der Waals surface area contributed by atoms with Gasteiger partial charge in [0.25, 0.3) is 0 Å². The Balaban J connectivity index is 1.77. The first kappa shape index (κ1) is 13.8. The van der Waals surface area contributed by atoms with Crippen molar-refractivity contribution in [3.8, 4) is 5.75 Å². The van der Waals surface area contributed by atoms with Crippen LogP contribution in [0.15, 0.2) is 24.3 Å². The van der Waals surface area contributed by atoms with Crippen LogP contribution < -0.4 is 4.74 Å². The molecule has 5 nitrogen and oxygen atoms in total. The number of halogens is 1. The summed E-state index contributed by atoms with van der Waals surface area (Å²) >= 11 is 5.79. The van der Waals surface area contributed by atoms with Gasteiger partial charge in [-0.3, -0.25) is 0 Å². The number of nitrogens with zero attached hydrogens (tertiary/aromatic N) is 3. The number of benzene rings is 1. The van der Waals surface area contributed by atoms with Gasteiger partial charge in [-0.1, -0.05) is 16.8 Å². The maximum Gasteiger partial charge on any atom is 0.119 e. The zero-order valence-corrected chi connectivity index (χ0v) is 11.5. The van der Waals surface area contributed by atoms with E-state index < -0.39 is 0 Å². The van der Waals surface area contributed by atoms with Gasteiger partial charge < -0.3 is 9.84 Å². The quantitative estimate of drug-likeness (QED) is 0.825. The van der Waals surface area contributed by atoms with Crippen LogP contribution in [0.2, 0.25) is 5.02 Å². The highest BCUT2D eigenvalue weighted by molar-refractivity contribution is 6.30. The van der Waals surface area contributed by atoms with E-state index >= 15 is 0 Å². The summed E-state index contributed by atoms with van der Waals surface area (Å²) in [7, 11) is 0. The van der Waals surface area contributed by atoms with Gasteiger partial charge in [-0.25, -0.2) is 4.68 Å². The Bertz CT molecular complexity index is 525. The van der Waals surface area contributed by atoms with Crippen LogP contribution in [-0.2, 0) is 13.2 Å². The highest BCUT2D eigenvalue weighted by atomic mass is 35.5. The Morgan fingerprint density at radius 1 is 1.32 bits per heavy atom. The first-order chi connectivity index (χ1) is 9.20. The molecular formula is C13H16ClN3O2. The Kier molecular flexibility index (Phi) is 4.76. The van der Waals surface area contributed by atoms with Gasteiger partial charge in [-0.05, 0) is 31.2 Å². The predicted octanol–water partition coefficient (Wildman–Crippen LogP) is 2.20. The van der Waals surface area contributed by atoms with E-state index in [4.69, 9.17) is 21.4 Å². The summed E-state index contributed by atoms with van der Waals surface area (Å²) in [6.07, 6.45) is 0.817. The second-order valence-corrected chi connectivity index (χ2v) is 4.60. The molecule has 1 aromatic carbocycles. The van der Waals surface area contributed by atoms with Crippen LogP contribution in [0.5, 0.6) is 5.75 Å². The standard InChI is InChI=1S/C13H16ClN3O2/c1-10-13(9-18)15-16-17(10)7-2-8-19-12-5-3-11(14)4-6-12/h3-6,18H,2,7-9H2,1H3. The third-order valence-electron chi connectivity index (χ3n) is 2.82. The topological polar surface area (TPSA) is 60.2 Å². The largest absolute Gasteiger partial charge is 0.494 e. The zero-order valence-electron chi connectivity index (χ0n) is 10.7. The summed E-state index contributed by atoms with van der Waals surface area (Å²) in [5.41, 5.74) is 1.52. The number of aliphatic hydroxyl groups is 1. The minimum absolute atomic E-state index is 0.0763. The molecular weight excluding hydrogens is 266 g/mol. The molecule has 2 rings (SSSR count). The van der Waals surface area contributed by atoms with Crippen LogP contribution in [0.25, 0.3) is 0 Å². The van der Waals surface area contributed by atoms with Crippen molar-refractivity contribution >= 4 is 11.6 Å². The van der Waals surface area contributed by atoms with Crippen LogP contribution in [0.1, 0.15) is 17.8 Å². The summed E-state index contributed by atoms with van der Waals surface area (Å²) in [6.45, 7) is 3.13. The van der Waals surface area contributed by atoms with Gasteiger partial charge in [0.05, 0.1) is 18.9 Å². The second kappa shape index (κ2) is 6.54. The lowest BCUT2D eigenvalue weighted by molar-refractivity contribution is 0.275. The minimum atomic E-state index is -0.0763. The first-order valence-corrected chi connectivity index (χ1v) is 6.46. The van der Waals surface area contributed by atoms with Gasteiger partial charge >= 0.3 is 0 Å². The van der Waals surface area contributed by atoms with E-state index in [0.29, 0.717) is 23.9 Å². The van der Waals surface area contributed by atoms with E-state index in [1.54, 1.807) is 16.8 Å². The molecule has 0 radical (unpaired) electrons. The Morgan fingerprint density at radius 3 is 2.68 bits per heavy atom. The number of ether oxygens (including phenoxy) is 1. The van der Waals surface area contributed by atoms with Gasteiger partial charge in [0.15, 0.2) is 0 Å². The Hall–Kier alpha value is -1.59. The van der Waals surface area contributed by atoms with Crippen LogP contribution in [-0.4, -0.2) is 26.7 Å². The average Bonchev–Trinajstić information content (AvgIpc) is 2.77. The molecule has 0 spiro atoms. The molecule has 0 saturated heterocycles. The molecule has 0 bridgehead atoms. The molecule has 0 unspecified atom stereocenters. The summed E-state index contributed by atoms with van der Waals surface area (Å²) in [4.78, 5) is 0. The number of hydrogen-bond donors (Lipinski definition) is 1. The fourth-order valence-electron chi connectivity index (χ4n) is 1.69. The van der Waals surface area contributed by atoms with Crippen molar-refractivity contribution in [2.24, 2.45) is 0 Å². The van der Waals surface area contributed by atoms with Gasteiger partial charge in [0, 0.05) is 18.0 Å². The molecule has 19 heavy (non-hydrogen) atoms. The molecule has 0 aliphatic carbocycles. The summed E-state index contributed by atoms with van der Waals surface area (Å²) in [6, 6.07) is 7.28. The maximum absolute atomic E-state index is 9.02. The molecule has 1 heterocycles. The monoisotopic (exact) mass is 281 g/mol. The lowest BCUT2D eigenvalue weighted by atomic mass is 10.3. The molecule has 102 valence electrons. The van der Waals surface area contributed by atoms with Gasteiger partial charge in [0.1, 0.15) is 11.4 Å². The molecule has 1 aromatic heterocycles. The second-order valence-electron chi connectivity index (χ2n) is 4.16. The molecule has 0 aliphatic rings. The molecule has 0 amide bonds. The van der Waals surface area contributed by atoms with Gasteiger partial charge in [0.2, 0.25) is 0 Å². The van der Waals surface area contributed by atoms with Crippen LogP contribution in [0.4, 0.5) is 0 Å². The summed E-state index contributed by atoms with van der Waals surface area (Å²) < 4.78 is 7.36. The van der Waals surface area contributed by atoms with E-state index in [1.165, 1.54) is 0 Å². The van der Waals surface area contributed by atoms with Crippen molar-refractivity contribution in [3.05, 3.63) is 40.7 Å². The SMILES string of the molecule is Cc1c(CO)nnn1CCCOc1ccc(Cl)cc1. The minimum Gasteiger partial charge on any atom is -0.494 e. The molecule has 0 saturated carbocycles. The fourth-order valence-corrected chi connectivity index (χ4v) is 1.82. The van der Waals surface area contributed by atoms with Crippen LogP contribution in [0.3, 0.4) is 0 Å². The summed E-state index contributed by atoms with van der Waals surface area (Å²) in [5, 5.41) is 17.6. The van der Waals surface area contributed by atoms with Crippen molar-refractivity contribution < 1.29 is 9.84 Å². The van der Waals surface area contributed by atoms with E-state index in [-0.39, 0.29) is 6.61 Å². The molecule has 0 atom stereocenters. The average molecular weight is 282 g/mol. The molecule has 0 aliphatic heterocycles. The van der Waals surface area contributed by atoms with Crippen LogP contribution >= 0.6 is 11.6 Å². The first-order valence-electron chi connectivity index (χ1n) is 6.09. The Labute approximate surface area is 116 Å². The van der Waals surface area contributed by atoms with Crippen molar-refractivity contribution in [1.82, 2.24) is 15.0 Å². The van der Waals surface area contributed by atoms with E-state index in [0.717, 1.165) is 17.9 Å². The van der Waals surface area contributed by atoms with Crippen molar-refractivity contribution in [3.63, 3.8) is 0 Å². The van der Waals surface area contributed by atoms with Crippen molar-refractivity contribution in [2.45, 2.75) is 26.5 Å². The van der Waals surface area contributed by atoms with Gasteiger partial charge in [-0.2, -0.15) is 0 Å². The van der Waals surface area contributed by atoms with Crippen LogP contribution in [0, 0.1) is 6.92 Å². The van der Waals surface area contributed by atoms with E-state index in [9.17, 15) is 0 Å². The van der Waals surface area contributed by atoms with E-state index in [2.05, 4.69) is 10.3 Å². The maximum atomic E-state index is 9.02. The fraction of sp³-hybridized carbons (Fsp3) is 0.385. The highest BCUT2D eigenvalue weighted by Crippen LogP contribution is 2.15. The number of aliphatic hydroxyl groups excluding tert-OH is 1. The third-order valence-corrected chi connectivity index (χ3v) is 3.08. The molecule has 0 fully saturated rings. The van der Waals surface area contributed by atoms with Crippen molar-refractivity contribution in [1.29, 1.82) is 0 Å². The van der Waals surface area contributed by atoms with E-state index in [1.807, 2.05) is 19.1 Å². The normalized spacial score (nSPS) is 10.7. The lowest BCUT2D eigenvalue weighted by Crippen LogP contribution is -2.07. The summed E-state index contributed by atoms with van der Waals surface area (Å²) in [5.74, 6) is 0.802. The predicted molar refractivity (Wildman–Crippen MR) is 72.2 cm³/mol. The Morgan fingerprint density at radius 2 is 2.05 bits per heavy atom. The zero-order chi connectivity index (χ0) is 13.7. The molecule has 2 aromatic rings. The van der Waals surface area contributed by atoms with Crippen molar-refractivity contribution in [2.75, 3.05) is 6.61 Å². The number of aromatic nitrogens is 3. The third kappa shape index (κ3) is 3.68. The number of aryl methyl sites for hydroxylation is 1. The molecule has 6 heteroatoms. The highest BCUT2D eigenvalue weighted by Gasteiger charge is 2.06.